The lowest BCUT2D eigenvalue weighted by atomic mass is 9.93. The highest BCUT2D eigenvalue weighted by Gasteiger charge is 2.34. The van der Waals surface area contributed by atoms with Gasteiger partial charge >= 0.3 is 6.09 Å². The second-order valence-corrected chi connectivity index (χ2v) is 7.11. The first kappa shape index (κ1) is 18.2. The fourth-order valence-corrected chi connectivity index (χ4v) is 2.76. The molecule has 124 valence electrons. The quantitative estimate of drug-likeness (QED) is 0.848. The number of nitrogens with two attached hydrogens (primary N) is 1. The summed E-state index contributed by atoms with van der Waals surface area (Å²) in [6.45, 7) is 11.6. The number of carbonyl (C=O) groups is 1. The molecule has 3 atom stereocenters. The van der Waals surface area contributed by atoms with Crippen LogP contribution in [0.5, 0.6) is 0 Å². The van der Waals surface area contributed by atoms with Gasteiger partial charge in [-0.2, -0.15) is 0 Å². The Kier molecular flexibility index (Phi) is 6.94. The number of hydrogen-bond acceptors (Lipinski definition) is 4. The molecule has 0 aromatic rings. The van der Waals surface area contributed by atoms with Gasteiger partial charge < -0.3 is 15.2 Å². The Morgan fingerprint density at radius 3 is 2.71 bits per heavy atom. The van der Waals surface area contributed by atoms with E-state index in [4.69, 9.17) is 15.2 Å². The van der Waals surface area contributed by atoms with Crippen molar-refractivity contribution < 1.29 is 14.3 Å². The molecule has 3 unspecified atom stereocenters. The Morgan fingerprint density at radius 2 is 2.14 bits per heavy atom. The fourth-order valence-electron chi connectivity index (χ4n) is 2.76. The van der Waals surface area contributed by atoms with Gasteiger partial charge in [0.25, 0.3) is 0 Å². The van der Waals surface area contributed by atoms with Crippen molar-refractivity contribution in [3.63, 3.8) is 0 Å². The average Bonchev–Trinajstić information content (AvgIpc) is 2.36. The lowest BCUT2D eigenvalue weighted by Crippen LogP contribution is -2.57. The van der Waals surface area contributed by atoms with Crippen LogP contribution >= 0.6 is 0 Å². The number of ether oxygens (including phenoxy) is 2. The summed E-state index contributed by atoms with van der Waals surface area (Å²) in [4.78, 5) is 14.1. The molecule has 1 rings (SSSR count). The van der Waals surface area contributed by atoms with E-state index in [0.717, 1.165) is 19.3 Å². The summed E-state index contributed by atoms with van der Waals surface area (Å²) >= 11 is 0. The van der Waals surface area contributed by atoms with Crippen LogP contribution in [-0.4, -0.2) is 48.4 Å². The molecule has 5 heteroatoms. The molecule has 0 spiro atoms. The second-order valence-electron chi connectivity index (χ2n) is 7.11. The van der Waals surface area contributed by atoms with E-state index >= 15 is 0 Å². The first-order valence-electron chi connectivity index (χ1n) is 8.07. The van der Waals surface area contributed by atoms with E-state index in [1.54, 1.807) is 4.90 Å². The van der Waals surface area contributed by atoms with Crippen LogP contribution in [0, 0.1) is 5.92 Å². The summed E-state index contributed by atoms with van der Waals surface area (Å²) in [6.07, 6.45) is 2.94. The molecule has 5 nitrogen and oxygen atoms in total. The Morgan fingerprint density at radius 1 is 1.48 bits per heavy atom. The zero-order chi connectivity index (χ0) is 16.0. The molecule has 0 saturated carbocycles. The number of morpholine rings is 1. The highest BCUT2D eigenvalue weighted by atomic mass is 16.6. The van der Waals surface area contributed by atoms with Crippen molar-refractivity contribution in [2.75, 3.05) is 19.8 Å². The molecule has 0 radical (unpaired) electrons. The molecule has 0 aliphatic carbocycles. The molecule has 1 saturated heterocycles. The van der Waals surface area contributed by atoms with E-state index < -0.39 is 5.60 Å². The molecular weight excluding hydrogens is 268 g/mol. The third-order valence-electron chi connectivity index (χ3n) is 3.74. The van der Waals surface area contributed by atoms with Gasteiger partial charge in [0.2, 0.25) is 0 Å². The Labute approximate surface area is 129 Å². The molecular formula is C16H32N2O3. The number of hydrogen-bond donors (Lipinski definition) is 1. The number of rotatable bonds is 5. The van der Waals surface area contributed by atoms with Crippen LogP contribution in [0.2, 0.25) is 0 Å². The van der Waals surface area contributed by atoms with Crippen LogP contribution < -0.4 is 5.73 Å². The van der Waals surface area contributed by atoms with Gasteiger partial charge in [0.05, 0.1) is 19.3 Å². The summed E-state index contributed by atoms with van der Waals surface area (Å²) in [5, 5.41) is 0. The summed E-state index contributed by atoms with van der Waals surface area (Å²) in [5.41, 5.74) is 5.86. The van der Waals surface area contributed by atoms with Gasteiger partial charge in [0.1, 0.15) is 5.60 Å². The Balaban J connectivity index is 2.65. The van der Waals surface area contributed by atoms with Gasteiger partial charge in [-0.25, -0.2) is 4.79 Å². The first-order valence-corrected chi connectivity index (χ1v) is 8.07. The summed E-state index contributed by atoms with van der Waals surface area (Å²) < 4.78 is 11.0. The standard InChI is InChI=1S/C16H32N2O3/c1-6-7-12(2)10-13(17)14-11-20-9-8-18(14)15(19)21-16(3,4)5/h12-14H,6-11,17H2,1-5H3. The van der Waals surface area contributed by atoms with Crippen LogP contribution in [0.1, 0.15) is 53.9 Å². The molecule has 0 aromatic carbocycles. The molecule has 1 heterocycles. The van der Waals surface area contributed by atoms with Crippen LogP contribution in [0.4, 0.5) is 4.79 Å². The maximum atomic E-state index is 12.3. The highest BCUT2D eigenvalue weighted by Crippen LogP contribution is 2.20. The van der Waals surface area contributed by atoms with Crippen molar-refractivity contribution in [1.29, 1.82) is 0 Å². The summed E-state index contributed by atoms with van der Waals surface area (Å²) in [7, 11) is 0. The first-order chi connectivity index (χ1) is 9.74. The van der Waals surface area contributed by atoms with E-state index in [9.17, 15) is 4.79 Å². The van der Waals surface area contributed by atoms with Crippen molar-refractivity contribution in [2.24, 2.45) is 11.7 Å². The summed E-state index contributed by atoms with van der Waals surface area (Å²) in [5.74, 6) is 0.562. The molecule has 1 fully saturated rings. The molecule has 0 bridgehead atoms. The molecule has 1 aliphatic heterocycles. The maximum absolute atomic E-state index is 12.3. The fraction of sp³-hybridized carbons (Fsp3) is 0.938. The third-order valence-corrected chi connectivity index (χ3v) is 3.74. The minimum Gasteiger partial charge on any atom is -0.444 e. The predicted molar refractivity (Wildman–Crippen MR) is 84.2 cm³/mol. The molecule has 0 aromatic heterocycles. The smallest absolute Gasteiger partial charge is 0.410 e. The van der Waals surface area contributed by atoms with Crippen molar-refractivity contribution in [2.45, 2.75) is 71.6 Å². The van der Waals surface area contributed by atoms with Crippen LogP contribution in [0.3, 0.4) is 0 Å². The Bertz CT molecular complexity index is 328. The molecule has 21 heavy (non-hydrogen) atoms. The van der Waals surface area contributed by atoms with Crippen molar-refractivity contribution in [1.82, 2.24) is 4.90 Å². The van der Waals surface area contributed by atoms with Crippen LogP contribution in [0.25, 0.3) is 0 Å². The molecule has 2 N–H and O–H groups in total. The number of nitrogens with zero attached hydrogens (tertiary/aromatic N) is 1. The lowest BCUT2D eigenvalue weighted by Gasteiger charge is -2.40. The van der Waals surface area contributed by atoms with Crippen molar-refractivity contribution in [3.05, 3.63) is 0 Å². The SMILES string of the molecule is CCCC(C)CC(N)C1COCCN1C(=O)OC(C)(C)C. The monoisotopic (exact) mass is 300 g/mol. The van der Waals surface area contributed by atoms with E-state index in [1.807, 2.05) is 20.8 Å². The van der Waals surface area contributed by atoms with Crippen molar-refractivity contribution in [3.8, 4) is 0 Å². The van der Waals surface area contributed by atoms with Crippen LogP contribution in [-0.2, 0) is 9.47 Å². The van der Waals surface area contributed by atoms with E-state index in [1.165, 1.54) is 0 Å². The van der Waals surface area contributed by atoms with Gasteiger partial charge in [-0.1, -0.05) is 26.7 Å². The molecule has 1 amide bonds. The van der Waals surface area contributed by atoms with Crippen LogP contribution in [0.15, 0.2) is 0 Å². The van der Waals surface area contributed by atoms with Crippen molar-refractivity contribution >= 4 is 6.09 Å². The summed E-state index contributed by atoms with van der Waals surface area (Å²) in [6, 6.07) is -0.160. The van der Waals surface area contributed by atoms with E-state index in [0.29, 0.717) is 25.7 Å². The van der Waals surface area contributed by atoms with E-state index in [-0.39, 0.29) is 18.2 Å². The van der Waals surface area contributed by atoms with Gasteiger partial charge in [0.15, 0.2) is 0 Å². The van der Waals surface area contributed by atoms with Gasteiger partial charge in [-0.05, 0) is 33.1 Å². The highest BCUT2D eigenvalue weighted by molar-refractivity contribution is 5.68. The molecule has 1 aliphatic rings. The minimum absolute atomic E-state index is 0.0700. The zero-order valence-electron chi connectivity index (χ0n) is 14.2. The van der Waals surface area contributed by atoms with Gasteiger partial charge in [-0.15, -0.1) is 0 Å². The zero-order valence-corrected chi connectivity index (χ0v) is 14.2. The lowest BCUT2D eigenvalue weighted by molar-refractivity contribution is -0.0394. The minimum atomic E-state index is -0.487. The normalized spacial score (nSPS) is 22.8. The largest absolute Gasteiger partial charge is 0.444 e. The third kappa shape index (κ3) is 6.22. The average molecular weight is 300 g/mol. The number of carbonyl (C=O) groups excluding carboxylic acids is 1. The number of amides is 1. The maximum Gasteiger partial charge on any atom is 0.410 e. The van der Waals surface area contributed by atoms with Gasteiger partial charge in [-0.3, -0.25) is 4.90 Å². The Hall–Kier alpha value is -0.810. The predicted octanol–water partition coefficient (Wildman–Crippen LogP) is 2.78. The topological polar surface area (TPSA) is 64.8 Å². The van der Waals surface area contributed by atoms with Gasteiger partial charge in [0, 0.05) is 12.6 Å². The van der Waals surface area contributed by atoms with E-state index in [2.05, 4.69) is 13.8 Å². The second kappa shape index (κ2) is 7.99.